The average molecular weight is 738 g/mol. The Kier molecular flexibility index (Phi) is 12.5. The monoisotopic (exact) mass is 737 g/mol. The molecule has 52 heavy (non-hydrogen) atoms. The van der Waals surface area contributed by atoms with Crippen molar-refractivity contribution in [3.8, 4) is 5.75 Å². The summed E-state index contributed by atoms with van der Waals surface area (Å²) >= 11 is 6.30. The lowest BCUT2D eigenvalue weighted by Gasteiger charge is -2.41. The maximum absolute atomic E-state index is 14.1. The number of ether oxygens (including phenoxy) is 2. The molecular formula is C39H52ClN5O7. The van der Waals surface area contributed by atoms with Gasteiger partial charge in [-0.1, -0.05) is 35.9 Å². The van der Waals surface area contributed by atoms with E-state index in [0.717, 1.165) is 56.4 Å². The number of hydrogen-bond acceptors (Lipinski definition) is 8. The predicted molar refractivity (Wildman–Crippen MR) is 197 cm³/mol. The summed E-state index contributed by atoms with van der Waals surface area (Å²) in [5.41, 5.74) is 3.23. The molecule has 2 aromatic rings. The molecule has 4 amide bonds. The van der Waals surface area contributed by atoms with Gasteiger partial charge in [-0.05, 0) is 113 Å². The fraction of sp³-hybridized carbons (Fsp3) is 0.590. The number of hydrogen-bond donors (Lipinski definition) is 2. The van der Waals surface area contributed by atoms with Crippen LogP contribution in [0, 0.1) is 18.8 Å². The molecule has 3 saturated heterocycles. The number of aromatic hydroxyl groups is 1. The number of likely N-dealkylation sites (tertiary alicyclic amines) is 3. The van der Waals surface area contributed by atoms with Crippen LogP contribution in [0.4, 0.5) is 15.3 Å². The van der Waals surface area contributed by atoms with Crippen LogP contribution in [0.25, 0.3) is 0 Å². The molecule has 0 unspecified atom stereocenters. The van der Waals surface area contributed by atoms with Crippen LogP contribution in [0.1, 0.15) is 62.1 Å². The van der Waals surface area contributed by atoms with Crippen LogP contribution in [-0.4, -0.2) is 120 Å². The fourth-order valence-electron chi connectivity index (χ4n) is 8.38. The van der Waals surface area contributed by atoms with E-state index >= 15 is 0 Å². The minimum atomic E-state index is -1.05. The normalized spacial score (nSPS) is 20.1. The van der Waals surface area contributed by atoms with Gasteiger partial charge in [0.25, 0.3) is 5.91 Å². The molecule has 0 aliphatic carbocycles. The van der Waals surface area contributed by atoms with Crippen molar-refractivity contribution in [1.82, 2.24) is 19.6 Å². The summed E-state index contributed by atoms with van der Waals surface area (Å²) in [6.07, 6.45) is 4.31. The Morgan fingerprint density at radius 3 is 2.25 bits per heavy atom. The SMILES string of the molecule is CCOC(=O)CN1CCC(C2CCN(C(=O)[C@@H](Cc3cc(C)c(O)c(Cl)c3)OC(=O)N3CCC(N4CCc5ccccc5NC4=O)CC3)CC2)CC1. The Morgan fingerprint density at radius 1 is 0.923 bits per heavy atom. The van der Waals surface area contributed by atoms with Gasteiger partial charge in [-0.2, -0.15) is 0 Å². The summed E-state index contributed by atoms with van der Waals surface area (Å²) in [5.74, 6) is 0.628. The highest BCUT2D eigenvalue weighted by atomic mass is 35.5. The summed E-state index contributed by atoms with van der Waals surface area (Å²) in [4.78, 5) is 60.3. The number of esters is 1. The van der Waals surface area contributed by atoms with E-state index in [1.165, 1.54) is 0 Å². The lowest BCUT2D eigenvalue weighted by molar-refractivity contribution is -0.144. The zero-order valence-electron chi connectivity index (χ0n) is 30.4. The molecule has 0 saturated carbocycles. The standard InChI is InChI=1S/C39H52ClN5O7/c1-3-51-35(46)25-42-15-8-28(9-16-42)29-10-17-43(18-11-29)37(48)34(24-27-22-26(2)36(47)32(40)23-27)52-39(50)44-19-13-31(14-20-44)45-21-12-30-6-4-5-7-33(30)41-38(45)49/h4-7,22-23,28-29,31,34,47H,3,8-21,24-25H2,1-2H3,(H,41,49)/t34-/m1/s1. The van der Waals surface area contributed by atoms with E-state index in [4.69, 9.17) is 21.1 Å². The Balaban J connectivity index is 1.05. The Labute approximate surface area is 311 Å². The molecule has 3 fully saturated rings. The van der Waals surface area contributed by atoms with Crippen molar-refractivity contribution >= 4 is 41.3 Å². The third-order valence-electron chi connectivity index (χ3n) is 11.4. The zero-order valence-corrected chi connectivity index (χ0v) is 31.1. The fourth-order valence-corrected chi connectivity index (χ4v) is 8.67. The number of phenolic OH excluding ortho intramolecular Hbond substituents is 1. The van der Waals surface area contributed by atoms with Gasteiger partial charge < -0.3 is 34.6 Å². The van der Waals surface area contributed by atoms with E-state index in [1.54, 1.807) is 24.0 Å². The number of fused-ring (bicyclic) bond motifs is 1. The molecular weight excluding hydrogens is 686 g/mol. The van der Waals surface area contributed by atoms with Crippen molar-refractivity contribution in [2.24, 2.45) is 11.8 Å². The zero-order chi connectivity index (χ0) is 36.8. The van der Waals surface area contributed by atoms with Crippen LogP contribution in [0.3, 0.4) is 0 Å². The van der Waals surface area contributed by atoms with Gasteiger partial charge in [0, 0.05) is 50.9 Å². The summed E-state index contributed by atoms with van der Waals surface area (Å²) in [6, 6.07) is 11.1. The molecule has 0 spiro atoms. The van der Waals surface area contributed by atoms with Crippen LogP contribution in [0.2, 0.25) is 5.02 Å². The first-order chi connectivity index (χ1) is 25.1. The molecule has 4 heterocycles. The average Bonchev–Trinajstić information content (AvgIpc) is 3.31. The van der Waals surface area contributed by atoms with E-state index in [2.05, 4.69) is 10.2 Å². The number of benzene rings is 2. The maximum atomic E-state index is 14.1. The highest BCUT2D eigenvalue weighted by Gasteiger charge is 2.37. The number of amides is 4. The van der Waals surface area contributed by atoms with Crippen molar-refractivity contribution in [3.05, 3.63) is 58.1 Å². The van der Waals surface area contributed by atoms with Crippen molar-refractivity contribution in [2.75, 3.05) is 64.3 Å². The number of para-hydroxylation sites is 1. The minimum absolute atomic E-state index is 0.0102. The molecule has 1 atom stereocenters. The van der Waals surface area contributed by atoms with Gasteiger partial charge in [0.2, 0.25) is 0 Å². The minimum Gasteiger partial charge on any atom is -0.506 e. The van der Waals surface area contributed by atoms with Crippen LogP contribution in [0.5, 0.6) is 5.75 Å². The van der Waals surface area contributed by atoms with Gasteiger partial charge in [-0.25, -0.2) is 9.59 Å². The number of piperidine rings is 3. The van der Waals surface area contributed by atoms with E-state index in [0.29, 0.717) is 81.7 Å². The Bertz CT molecular complexity index is 1580. The second kappa shape index (κ2) is 17.2. The molecule has 0 aromatic heterocycles. The highest BCUT2D eigenvalue weighted by molar-refractivity contribution is 6.32. The van der Waals surface area contributed by atoms with Crippen molar-refractivity contribution in [3.63, 3.8) is 0 Å². The summed E-state index contributed by atoms with van der Waals surface area (Å²) in [5, 5.41) is 13.5. The summed E-state index contributed by atoms with van der Waals surface area (Å²) in [6.45, 7) is 8.63. The molecule has 4 aliphatic heterocycles. The lowest BCUT2D eigenvalue weighted by Crippen LogP contribution is -2.52. The van der Waals surface area contributed by atoms with E-state index < -0.39 is 12.2 Å². The van der Waals surface area contributed by atoms with Crippen LogP contribution >= 0.6 is 11.6 Å². The molecule has 12 nitrogen and oxygen atoms in total. The van der Waals surface area contributed by atoms with Crippen molar-refractivity contribution in [1.29, 1.82) is 0 Å². The predicted octanol–water partition coefficient (Wildman–Crippen LogP) is 5.47. The van der Waals surface area contributed by atoms with Gasteiger partial charge in [0.15, 0.2) is 6.10 Å². The molecule has 2 N–H and O–H groups in total. The van der Waals surface area contributed by atoms with E-state index in [9.17, 15) is 24.3 Å². The van der Waals surface area contributed by atoms with E-state index in [-0.39, 0.29) is 41.1 Å². The number of aryl methyl sites for hydroxylation is 1. The largest absolute Gasteiger partial charge is 0.506 e. The third-order valence-corrected chi connectivity index (χ3v) is 11.7. The number of carbonyl (C=O) groups is 4. The number of carbonyl (C=O) groups excluding carboxylic acids is 4. The number of nitrogens with zero attached hydrogens (tertiary/aromatic N) is 4. The quantitative estimate of drug-likeness (QED) is 0.324. The Morgan fingerprint density at radius 2 is 1.58 bits per heavy atom. The molecule has 0 bridgehead atoms. The van der Waals surface area contributed by atoms with Crippen LogP contribution in [-0.2, 0) is 31.9 Å². The van der Waals surface area contributed by atoms with E-state index in [1.807, 2.05) is 41.0 Å². The second-order valence-corrected chi connectivity index (χ2v) is 15.1. The Hall–Kier alpha value is -4.03. The van der Waals surface area contributed by atoms with Crippen molar-refractivity contribution in [2.45, 2.75) is 77.4 Å². The smallest absolute Gasteiger partial charge is 0.410 e. The van der Waals surface area contributed by atoms with Gasteiger partial charge >= 0.3 is 18.1 Å². The third kappa shape index (κ3) is 9.12. The number of nitrogens with one attached hydrogen (secondary N) is 1. The van der Waals surface area contributed by atoms with Crippen molar-refractivity contribution < 1.29 is 33.8 Å². The first-order valence-electron chi connectivity index (χ1n) is 18.9. The van der Waals surface area contributed by atoms with Gasteiger partial charge in [0.05, 0.1) is 18.2 Å². The second-order valence-electron chi connectivity index (χ2n) is 14.6. The maximum Gasteiger partial charge on any atom is 0.410 e. The number of rotatable bonds is 9. The topological polar surface area (TPSA) is 132 Å². The van der Waals surface area contributed by atoms with Gasteiger partial charge in [-0.3, -0.25) is 14.5 Å². The number of phenols is 1. The number of anilines is 1. The first kappa shape index (κ1) is 37.7. The van der Waals surface area contributed by atoms with Crippen LogP contribution < -0.4 is 5.32 Å². The molecule has 282 valence electrons. The highest BCUT2D eigenvalue weighted by Crippen LogP contribution is 2.34. The molecule has 6 rings (SSSR count). The molecule has 13 heteroatoms. The molecule has 2 aromatic carbocycles. The molecule has 4 aliphatic rings. The number of urea groups is 1. The summed E-state index contributed by atoms with van der Waals surface area (Å²) < 4.78 is 11.2. The number of halogens is 1. The van der Waals surface area contributed by atoms with Gasteiger partial charge in [-0.15, -0.1) is 0 Å². The summed E-state index contributed by atoms with van der Waals surface area (Å²) in [7, 11) is 0. The molecule has 0 radical (unpaired) electrons. The first-order valence-corrected chi connectivity index (χ1v) is 19.2. The lowest BCUT2D eigenvalue weighted by atomic mass is 9.78. The van der Waals surface area contributed by atoms with Gasteiger partial charge in [0.1, 0.15) is 5.75 Å². The van der Waals surface area contributed by atoms with Crippen LogP contribution in [0.15, 0.2) is 36.4 Å².